The molecule has 0 radical (unpaired) electrons. The Balaban J connectivity index is 1.29. The topological polar surface area (TPSA) is 105 Å². The van der Waals surface area contributed by atoms with Crippen LogP contribution in [0.25, 0.3) is 11.4 Å². The average molecular weight is 476 g/mol. The molecule has 0 bridgehead atoms. The zero-order valence-electron chi connectivity index (χ0n) is 20.0. The highest BCUT2D eigenvalue weighted by Gasteiger charge is 2.26. The first-order valence-electron chi connectivity index (χ1n) is 12.2. The van der Waals surface area contributed by atoms with E-state index in [0.717, 1.165) is 56.0 Å². The molecule has 1 saturated heterocycles. The largest absolute Gasteiger partial charge is 0.351 e. The van der Waals surface area contributed by atoms with E-state index >= 15 is 0 Å². The van der Waals surface area contributed by atoms with Gasteiger partial charge in [0.05, 0.1) is 23.3 Å². The number of imidazole rings is 1. The molecule has 1 aliphatic carbocycles. The van der Waals surface area contributed by atoms with Crippen LogP contribution in [0.15, 0.2) is 18.5 Å². The molecule has 2 fully saturated rings. The molecule has 9 nitrogen and oxygen atoms in total. The maximum Gasteiger partial charge on any atom is 0.223 e. The number of anilines is 1. The van der Waals surface area contributed by atoms with Crippen LogP contribution in [0.1, 0.15) is 64.2 Å². The van der Waals surface area contributed by atoms with Gasteiger partial charge in [0.1, 0.15) is 5.82 Å². The van der Waals surface area contributed by atoms with Gasteiger partial charge in [0.15, 0.2) is 0 Å². The molecule has 2 aliphatic rings. The van der Waals surface area contributed by atoms with Crippen molar-refractivity contribution in [3.8, 4) is 11.4 Å². The van der Waals surface area contributed by atoms with Gasteiger partial charge in [-0.25, -0.2) is 28.1 Å². The monoisotopic (exact) mass is 475 g/mol. The van der Waals surface area contributed by atoms with Crippen LogP contribution in [-0.2, 0) is 10.0 Å². The highest BCUT2D eigenvalue weighted by atomic mass is 32.2. The summed E-state index contributed by atoms with van der Waals surface area (Å²) in [5.74, 6) is 1.77. The Labute approximate surface area is 197 Å². The number of aromatic nitrogens is 4. The van der Waals surface area contributed by atoms with Gasteiger partial charge in [-0.1, -0.05) is 0 Å². The second-order valence-electron chi connectivity index (χ2n) is 9.60. The van der Waals surface area contributed by atoms with Gasteiger partial charge in [-0.3, -0.25) is 0 Å². The third kappa shape index (κ3) is 6.30. The van der Waals surface area contributed by atoms with Gasteiger partial charge in [-0.05, 0) is 78.5 Å². The van der Waals surface area contributed by atoms with E-state index in [0.29, 0.717) is 18.5 Å². The summed E-state index contributed by atoms with van der Waals surface area (Å²) in [5.41, 5.74) is 1.83. The Hall–Kier alpha value is -2.04. The molecule has 0 unspecified atom stereocenters. The Bertz CT molecular complexity index is 1020. The maximum absolute atomic E-state index is 12.5. The van der Waals surface area contributed by atoms with Crippen molar-refractivity contribution in [1.82, 2.24) is 29.1 Å². The van der Waals surface area contributed by atoms with Crippen LogP contribution in [0.5, 0.6) is 0 Å². The number of hydrogen-bond donors (Lipinski definition) is 2. The van der Waals surface area contributed by atoms with Crippen molar-refractivity contribution in [3.63, 3.8) is 0 Å². The SMILES string of the molecule is Cc1ncc(-c2ccnc(NC3CCC(NS(=O)(=O)CCN4CCCC4)CC3)n2)n1C(C)C. The van der Waals surface area contributed by atoms with Crippen LogP contribution in [0, 0.1) is 6.92 Å². The summed E-state index contributed by atoms with van der Waals surface area (Å²) in [5, 5.41) is 3.46. The molecular weight excluding hydrogens is 438 g/mol. The summed E-state index contributed by atoms with van der Waals surface area (Å²) in [6.45, 7) is 8.96. The van der Waals surface area contributed by atoms with Crippen molar-refractivity contribution in [2.24, 2.45) is 0 Å². The number of aryl methyl sites for hydroxylation is 1. The van der Waals surface area contributed by atoms with Gasteiger partial charge in [0, 0.05) is 30.9 Å². The zero-order chi connectivity index (χ0) is 23.4. The number of nitrogens with zero attached hydrogens (tertiary/aromatic N) is 5. The molecule has 0 aromatic carbocycles. The number of sulfonamides is 1. The summed E-state index contributed by atoms with van der Waals surface area (Å²) in [6.07, 6.45) is 9.40. The van der Waals surface area contributed by atoms with Crippen molar-refractivity contribution < 1.29 is 8.42 Å². The molecule has 2 N–H and O–H groups in total. The second-order valence-corrected chi connectivity index (χ2v) is 11.5. The predicted molar refractivity (Wildman–Crippen MR) is 131 cm³/mol. The first-order chi connectivity index (χ1) is 15.8. The third-order valence-corrected chi connectivity index (χ3v) is 8.11. The molecule has 2 aromatic rings. The molecule has 4 rings (SSSR count). The molecule has 10 heteroatoms. The first-order valence-corrected chi connectivity index (χ1v) is 13.8. The fourth-order valence-corrected chi connectivity index (χ4v) is 6.33. The normalized spacial score (nSPS) is 22.2. The van der Waals surface area contributed by atoms with Crippen molar-refractivity contribution >= 4 is 16.0 Å². The molecule has 0 atom stereocenters. The average Bonchev–Trinajstić information content (AvgIpc) is 3.43. The van der Waals surface area contributed by atoms with E-state index in [1.807, 2.05) is 19.2 Å². The van der Waals surface area contributed by atoms with Crippen molar-refractivity contribution in [3.05, 3.63) is 24.3 Å². The van der Waals surface area contributed by atoms with Crippen molar-refractivity contribution in [2.45, 2.75) is 77.4 Å². The molecule has 182 valence electrons. The van der Waals surface area contributed by atoms with E-state index in [-0.39, 0.29) is 17.8 Å². The Morgan fingerprint density at radius 2 is 1.79 bits per heavy atom. The highest BCUT2D eigenvalue weighted by Crippen LogP contribution is 2.25. The van der Waals surface area contributed by atoms with Gasteiger partial charge in [-0.2, -0.15) is 0 Å². The first kappa shape index (κ1) is 24.1. The number of hydrogen-bond acceptors (Lipinski definition) is 7. The summed E-state index contributed by atoms with van der Waals surface area (Å²) in [4.78, 5) is 15.8. The maximum atomic E-state index is 12.5. The van der Waals surface area contributed by atoms with E-state index in [1.54, 1.807) is 6.20 Å². The summed E-state index contributed by atoms with van der Waals surface area (Å²) in [6, 6.07) is 2.46. The molecule has 0 amide bonds. The molecule has 1 saturated carbocycles. The third-order valence-electron chi connectivity index (χ3n) is 6.70. The number of nitrogens with one attached hydrogen (secondary N) is 2. The lowest BCUT2D eigenvalue weighted by Gasteiger charge is -2.29. The lowest BCUT2D eigenvalue weighted by atomic mass is 9.92. The molecule has 3 heterocycles. The fraction of sp³-hybridized carbons (Fsp3) is 0.696. The predicted octanol–water partition coefficient (Wildman–Crippen LogP) is 2.97. The molecule has 1 aliphatic heterocycles. The van der Waals surface area contributed by atoms with E-state index in [9.17, 15) is 8.42 Å². The Morgan fingerprint density at radius 1 is 1.09 bits per heavy atom. The van der Waals surface area contributed by atoms with Gasteiger partial charge in [0.2, 0.25) is 16.0 Å². The van der Waals surface area contributed by atoms with Crippen LogP contribution in [0.4, 0.5) is 5.95 Å². The Morgan fingerprint density at radius 3 is 2.48 bits per heavy atom. The molecular formula is C23H37N7O2S. The highest BCUT2D eigenvalue weighted by molar-refractivity contribution is 7.89. The second kappa shape index (κ2) is 10.5. The van der Waals surface area contributed by atoms with Crippen LogP contribution in [-0.4, -0.2) is 70.3 Å². The lowest BCUT2D eigenvalue weighted by Crippen LogP contribution is -2.42. The van der Waals surface area contributed by atoms with Crippen LogP contribution in [0.2, 0.25) is 0 Å². The van der Waals surface area contributed by atoms with Crippen molar-refractivity contribution in [1.29, 1.82) is 0 Å². The summed E-state index contributed by atoms with van der Waals surface area (Å²) >= 11 is 0. The van der Waals surface area contributed by atoms with Gasteiger partial charge >= 0.3 is 0 Å². The molecule has 33 heavy (non-hydrogen) atoms. The molecule has 2 aromatic heterocycles. The van der Waals surface area contributed by atoms with E-state index in [1.165, 1.54) is 12.8 Å². The number of likely N-dealkylation sites (tertiary alicyclic amines) is 1. The minimum Gasteiger partial charge on any atom is -0.351 e. The standard InChI is InChI=1S/C23H37N7O2S/c1-17(2)30-18(3)25-16-22(30)21-10-11-24-23(27-21)26-19-6-8-20(9-7-19)28-33(31,32)15-14-29-12-4-5-13-29/h10-11,16-17,19-20,28H,4-9,12-15H2,1-3H3,(H,24,26,27). The quantitative estimate of drug-likeness (QED) is 0.574. The number of rotatable bonds is 9. The van der Waals surface area contributed by atoms with Crippen LogP contribution in [0.3, 0.4) is 0 Å². The van der Waals surface area contributed by atoms with Crippen LogP contribution >= 0.6 is 0 Å². The summed E-state index contributed by atoms with van der Waals surface area (Å²) < 4.78 is 30.1. The van der Waals surface area contributed by atoms with Crippen molar-refractivity contribution in [2.75, 3.05) is 30.7 Å². The smallest absolute Gasteiger partial charge is 0.223 e. The van der Waals surface area contributed by atoms with Gasteiger partial charge in [-0.15, -0.1) is 0 Å². The zero-order valence-corrected chi connectivity index (χ0v) is 20.8. The molecule has 0 spiro atoms. The summed E-state index contributed by atoms with van der Waals surface area (Å²) in [7, 11) is -3.24. The van der Waals surface area contributed by atoms with E-state index < -0.39 is 10.0 Å². The van der Waals surface area contributed by atoms with Crippen LogP contribution < -0.4 is 10.0 Å². The minimum absolute atomic E-state index is 0.0160. The Kier molecular flexibility index (Phi) is 7.65. The van der Waals surface area contributed by atoms with E-state index in [2.05, 4.69) is 43.3 Å². The van der Waals surface area contributed by atoms with E-state index in [4.69, 9.17) is 4.98 Å². The minimum atomic E-state index is -3.24. The van der Waals surface area contributed by atoms with Gasteiger partial charge < -0.3 is 14.8 Å². The lowest BCUT2D eigenvalue weighted by molar-refractivity contribution is 0.355. The van der Waals surface area contributed by atoms with Gasteiger partial charge in [0.25, 0.3) is 0 Å². The fourth-order valence-electron chi connectivity index (χ4n) is 4.97.